The lowest BCUT2D eigenvalue weighted by molar-refractivity contribution is -0.154. The second kappa shape index (κ2) is 20.2. The van der Waals surface area contributed by atoms with Crippen LogP contribution >= 0.6 is 0 Å². The molecule has 0 fully saturated rings. The fraction of sp³-hybridized carbons (Fsp3) is 0.364. The minimum Gasteiger partial charge on any atom is -0.481 e. The highest BCUT2D eigenvalue weighted by molar-refractivity contribution is 6.36. The minimum atomic E-state index is -1.78. The van der Waals surface area contributed by atoms with Gasteiger partial charge in [0, 0.05) is 12.8 Å². The average molecular weight is 714 g/mol. The number of aliphatic carboxylic acids is 3. The van der Waals surface area contributed by atoms with E-state index < -0.39 is 110 Å². The highest BCUT2D eigenvalue weighted by Crippen LogP contribution is 2.08. The maximum absolute atomic E-state index is 13.4. The molecule has 0 spiro atoms. The van der Waals surface area contributed by atoms with Crippen molar-refractivity contribution in [3.05, 3.63) is 71.8 Å². The van der Waals surface area contributed by atoms with Crippen molar-refractivity contribution < 1.29 is 63.2 Å². The summed E-state index contributed by atoms with van der Waals surface area (Å²) in [5, 5.41) is 34.8. The Morgan fingerprint density at radius 1 is 0.686 bits per heavy atom. The van der Waals surface area contributed by atoms with Crippen LogP contribution in [0.2, 0.25) is 0 Å². The first-order chi connectivity index (χ1) is 24.1. The molecule has 2 rings (SSSR count). The first-order valence-corrected chi connectivity index (χ1v) is 15.5. The van der Waals surface area contributed by atoms with Gasteiger partial charge in [0.05, 0.1) is 6.42 Å². The third-order valence-electron chi connectivity index (χ3n) is 6.96. The van der Waals surface area contributed by atoms with Crippen molar-refractivity contribution in [1.82, 2.24) is 26.4 Å². The molecule has 0 heterocycles. The standard InChI is InChI=1S/C33H39N5O13/c1-19(2)28(31(48)37-38(17-27(44)45)32(49)24(39)15-20-9-5-3-6-10-20)36-29(46)22(13-14-25(40)41)34-30(47)23(16-26(42)43)35-33(50)51-18-21-11-7-4-8-12-21/h3-12,19,22-23,28H,13-18H2,1-2H3,(H,34,47)(H,35,50)(H,36,46)(H,37,48)(H,40,41)(H,42,43)(H,44,45)/t22-,23-,28-/m0/s1. The Balaban J connectivity index is 2.20. The SMILES string of the molecule is CC(C)[C@H](NC(=O)[C@H](CCC(=O)O)NC(=O)[C@H](CC(=O)O)NC(=O)OCc1ccccc1)C(=O)NN(CC(=O)O)C(=O)C(=O)Cc1ccccc1. The monoisotopic (exact) mass is 713 g/mol. The molecular weight excluding hydrogens is 674 g/mol. The van der Waals surface area contributed by atoms with Crippen LogP contribution in [0.15, 0.2) is 60.7 Å². The molecule has 0 aromatic heterocycles. The van der Waals surface area contributed by atoms with Crippen LogP contribution in [0.5, 0.6) is 0 Å². The maximum Gasteiger partial charge on any atom is 0.408 e. The van der Waals surface area contributed by atoms with Crippen molar-refractivity contribution in [2.75, 3.05) is 6.54 Å². The molecule has 5 amide bonds. The first kappa shape index (κ1) is 40.8. The molecule has 7 N–H and O–H groups in total. The number of hydrazine groups is 1. The van der Waals surface area contributed by atoms with Crippen LogP contribution < -0.4 is 21.4 Å². The number of ether oxygens (including phenoxy) is 1. The smallest absolute Gasteiger partial charge is 0.408 e. The minimum absolute atomic E-state index is 0.215. The molecular formula is C33H39N5O13. The number of hydrogen-bond donors (Lipinski definition) is 7. The molecule has 2 aromatic carbocycles. The van der Waals surface area contributed by atoms with Gasteiger partial charge in [0.15, 0.2) is 0 Å². The van der Waals surface area contributed by atoms with Crippen molar-refractivity contribution in [2.45, 2.75) is 64.3 Å². The Morgan fingerprint density at radius 3 is 1.78 bits per heavy atom. The zero-order chi connectivity index (χ0) is 38.1. The number of alkyl carbamates (subject to hydrolysis) is 1. The normalized spacial score (nSPS) is 12.3. The van der Waals surface area contributed by atoms with Crippen LogP contribution in [-0.4, -0.2) is 98.4 Å². The van der Waals surface area contributed by atoms with Gasteiger partial charge in [0.25, 0.3) is 5.91 Å². The average Bonchev–Trinajstić information content (AvgIpc) is 3.07. The van der Waals surface area contributed by atoms with Crippen molar-refractivity contribution >= 4 is 53.4 Å². The lowest BCUT2D eigenvalue weighted by atomic mass is 10.0. The van der Waals surface area contributed by atoms with E-state index in [9.17, 15) is 58.5 Å². The largest absolute Gasteiger partial charge is 0.481 e. The Morgan fingerprint density at radius 2 is 1.25 bits per heavy atom. The number of hydrogen-bond acceptors (Lipinski definition) is 10. The summed E-state index contributed by atoms with van der Waals surface area (Å²) in [6.07, 6.45) is -3.73. The number of benzene rings is 2. The highest BCUT2D eigenvalue weighted by Gasteiger charge is 2.34. The van der Waals surface area contributed by atoms with Crippen LogP contribution in [-0.2, 0) is 56.1 Å². The summed E-state index contributed by atoms with van der Waals surface area (Å²) in [6, 6.07) is 11.5. The fourth-order valence-electron chi connectivity index (χ4n) is 4.40. The third-order valence-corrected chi connectivity index (χ3v) is 6.96. The van der Waals surface area contributed by atoms with E-state index in [0.29, 0.717) is 11.1 Å². The van der Waals surface area contributed by atoms with E-state index in [0.717, 1.165) is 0 Å². The number of carboxylic acids is 3. The van der Waals surface area contributed by atoms with Gasteiger partial charge >= 0.3 is 29.9 Å². The summed E-state index contributed by atoms with van der Waals surface area (Å²) in [5.74, 6) is -11.0. The quantitative estimate of drug-likeness (QED) is 0.0747. The topological polar surface area (TPSA) is 275 Å². The van der Waals surface area contributed by atoms with E-state index in [1.54, 1.807) is 60.7 Å². The lowest BCUT2D eigenvalue weighted by Gasteiger charge is -2.28. The van der Waals surface area contributed by atoms with Gasteiger partial charge in [-0.25, -0.2) is 9.80 Å². The predicted molar refractivity (Wildman–Crippen MR) is 174 cm³/mol. The van der Waals surface area contributed by atoms with E-state index in [1.807, 2.05) is 5.43 Å². The molecule has 51 heavy (non-hydrogen) atoms. The number of ketones is 1. The molecule has 0 aliphatic carbocycles. The van der Waals surface area contributed by atoms with Crippen molar-refractivity contribution in [3.63, 3.8) is 0 Å². The Kier molecular flexibility index (Phi) is 16.2. The second-order valence-corrected chi connectivity index (χ2v) is 11.4. The number of nitrogens with zero attached hydrogens (tertiary/aromatic N) is 1. The zero-order valence-electron chi connectivity index (χ0n) is 27.7. The van der Waals surface area contributed by atoms with E-state index in [2.05, 4.69) is 16.0 Å². The number of carbonyl (C=O) groups is 9. The van der Waals surface area contributed by atoms with E-state index >= 15 is 0 Å². The van der Waals surface area contributed by atoms with Gasteiger partial charge in [-0.1, -0.05) is 74.5 Å². The number of nitrogens with one attached hydrogen (secondary N) is 4. The van der Waals surface area contributed by atoms with Gasteiger partial charge in [-0.3, -0.25) is 43.8 Å². The summed E-state index contributed by atoms with van der Waals surface area (Å²) < 4.78 is 5.03. The molecule has 0 saturated carbocycles. The number of Topliss-reactive ketones (excluding diaryl/α,β-unsaturated/α-hetero) is 1. The summed E-state index contributed by atoms with van der Waals surface area (Å²) in [6.45, 7) is 1.60. The van der Waals surface area contributed by atoms with Crippen LogP contribution in [0.4, 0.5) is 4.79 Å². The van der Waals surface area contributed by atoms with Gasteiger partial charge in [0.2, 0.25) is 17.6 Å². The summed E-state index contributed by atoms with van der Waals surface area (Å²) in [5.41, 5.74) is 3.08. The van der Waals surface area contributed by atoms with Crippen LogP contribution in [0.25, 0.3) is 0 Å². The van der Waals surface area contributed by atoms with Gasteiger partial charge < -0.3 is 36.0 Å². The second-order valence-electron chi connectivity index (χ2n) is 11.4. The lowest BCUT2D eigenvalue weighted by Crippen LogP contribution is -2.60. The zero-order valence-corrected chi connectivity index (χ0v) is 27.7. The molecule has 3 atom stereocenters. The number of amides is 5. The summed E-state index contributed by atoms with van der Waals surface area (Å²) in [4.78, 5) is 112. The molecule has 0 radical (unpaired) electrons. The van der Waals surface area contributed by atoms with Crippen LogP contribution in [0, 0.1) is 5.92 Å². The molecule has 0 aliphatic rings. The Hall–Kier alpha value is -6.33. The van der Waals surface area contributed by atoms with Crippen LogP contribution in [0.3, 0.4) is 0 Å². The molecule has 0 saturated heterocycles. The maximum atomic E-state index is 13.4. The fourth-order valence-corrected chi connectivity index (χ4v) is 4.40. The molecule has 2 aromatic rings. The molecule has 0 bridgehead atoms. The number of rotatable bonds is 19. The van der Waals surface area contributed by atoms with Gasteiger partial charge in [-0.05, 0) is 23.5 Å². The third kappa shape index (κ3) is 14.8. The first-order valence-electron chi connectivity index (χ1n) is 15.5. The summed E-state index contributed by atoms with van der Waals surface area (Å²) >= 11 is 0. The number of carboxylic acid groups (broad SMARTS) is 3. The van der Waals surface area contributed by atoms with Gasteiger partial charge in [0.1, 0.15) is 31.3 Å². The summed E-state index contributed by atoms with van der Waals surface area (Å²) in [7, 11) is 0. The molecule has 18 heteroatoms. The Labute approximate surface area is 291 Å². The van der Waals surface area contributed by atoms with E-state index in [4.69, 9.17) is 4.74 Å². The van der Waals surface area contributed by atoms with Crippen LogP contribution in [0.1, 0.15) is 44.2 Å². The van der Waals surface area contributed by atoms with Gasteiger partial charge in [-0.15, -0.1) is 0 Å². The van der Waals surface area contributed by atoms with Gasteiger partial charge in [-0.2, -0.15) is 0 Å². The van der Waals surface area contributed by atoms with E-state index in [-0.39, 0.29) is 11.6 Å². The molecule has 0 aliphatic heterocycles. The molecule has 0 unspecified atom stereocenters. The number of carbonyl (C=O) groups excluding carboxylic acids is 6. The highest BCUT2D eigenvalue weighted by atomic mass is 16.5. The van der Waals surface area contributed by atoms with E-state index in [1.165, 1.54) is 13.8 Å². The van der Waals surface area contributed by atoms with Crippen molar-refractivity contribution in [3.8, 4) is 0 Å². The van der Waals surface area contributed by atoms with Crippen molar-refractivity contribution in [2.24, 2.45) is 5.92 Å². The molecule has 274 valence electrons. The van der Waals surface area contributed by atoms with Crippen molar-refractivity contribution in [1.29, 1.82) is 0 Å². The molecule has 18 nitrogen and oxygen atoms in total. The Bertz CT molecular complexity index is 1580. The predicted octanol–water partition coefficient (Wildman–Crippen LogP) is 0.00270.